The Bertz CT molecular complexity index is 739. The van der Waals surface area contributed by atoms with Crippen LogP contribution in [0.5, 0.6) is 0 Å². The second kappa shape index (κ2) is 12.8. The molecule has 0 radical (unpaired) electrons. The lowest BCUT2D eigenvalue weighted by atomic mass is 10.1. The highest BCUT2D eigenvalue weighted by Crippen LogP contribution is 2.26. The number of nitriles is 1. The number of nitrogens with zero attached hydrogens (tertiary/aromatic N) is 1. The summed E-state index contributed by atoms with van der Waals surface area (Å²) in [5, 5.41) is 33.1. The zero-order valence-corrected chi connectivity index (χ0v) is 20.3. The Morgan fingerprint density at radius 3 is 1.59 bits per heavy atom. The summed E-state index contributed by atoms with van der Waals surface area (Å²) in [6.07, 6.45) is -1.00. The molecular weight excluding hydrogens is 444 g/mol. The summed E-state index contributed by atoms with van der Waals surface area (Å²) >= 11 is 0. The second-order valence-corrected chi connectivity index (χ2v) is 10.5. The number of nitrogens with two attached hydrogens (primary N) is 1. The minimum absolute atomic E-state index is 0. The number of carbonyl (C=O) groups excluding carboxylic acids is 3. The number of aliphatic hydroxyl groups is 2. The van der Waals surface area contributed by atoms with Gasteiger partial charge in [-0.05, 0) is 67.2 Å². The van der Waals surface area contributed by atoms with Crippen LogP contribution in [0.3, 0.4) is 0 Å². The molecule has 0 aromatic rings. The number of rotatable bonds is 3. The van der Waals surface area contributed by atoms with E-state index < -0.39 is 47.5 Å². The molecule has 0 aliphatic heterocycles. The molecule has 0 heterocycles. The first-order chi connectivity index (χ1) is 15.0. The van der Waals surface area contributed by atoms with Gasteiger partial charge in [-0.15, -0.1) is 0 Å². The van der Waals surface area contributed by atoms with Crippen LogP contribution in [0.25, 0.3) is 0 Å². The molecular formula is C23H42N4O7. The molecule has 34 heavy (non-hydrogen) atoms. The molecule has 0 bridgehead atoms. The molecule has 2 aliphatic rings. The molecule has 11 heteroatoms. The lowest BCUT2D eigenvalue weighted by Crippen LogP contribution is -2.42. The third-order valence-electron chi connectivity index (χ3n) is 5.05. The van der Waals surface area contributed by atoms with Crippen LogP contribution in [0.2, 0.25) is 0 Å². The number of nitrogens with one attached hydrogen (secondary N) is 2. The molecule has 2 rings (SSSR count). The second-order valence-electron chi connectivity index (χ2n) is 10.5. The van der Waals surface area contributed by atoms with Gasteiger partial charge in [-0.25, -0.2) is 9.59 Å². The van der Waals surface area contributed by atoms with Crippen LogP contribution in [0.4, 0.5) is 9.59 Å². The molecule has 196 valence electrons. The van der Waals surface area contributed by atoms with Crippen molar-refractivity contribution in [2.24, 2.45) is 17.6 Å². The molecule has 0 spiro atoms. The Morgan fingerprint density at radius 2 is 1.26 bits per heavy atom. The number of amides is 3. The number of primary amides is 1. The standard InChI is InChI=1S/C11H20N2O4.C11H18N2O3.CH4/c1-11(2,3)17-10(16)13-7-4-6(9(12)15)5-8(7)14;1-11(2,3)16-10(15)13-8-4-7(6-12)5-9(8)14;/h6-8,14H,4-5H2,1-3H3,(H2,12,15)(H,13,16);7-9,14H,4-5H2,1-3H3,(H,13,15);1H4/t6-,7-,8-;7-,8-,9-;/m11./s1. The van der Waals surface area contributed by atoms with Crippen molar-refractivity contribution in [3.8, 4) is 6.07 Å². The van der Waals surface area contributed by atoms with Gasteiger partial charge in [-0.3, -0.25) is 4.79 Å². The number of hydrogen-bond donors (Lipinski definition) is 5. The highest BCUT2D eigenvalue weighted by atomic mass is 16.6. The number of alkyl carbamates (subject to hydrolysis) is 2. The van der Waals surface area contributed by atoms with Crippen molar-refractivity contribution in [2.45, 2.75) is 110 Å². The SMILES string of the molecule is C.CC(C)(C)OC(=O)N[C@@H]1C[C@@H](C#N)C[C@H]1O.CC(C)(C)OC(=O)N[C@@H]1C[C@@H](C(N)=O)C[C@H]1O. The van der Waals surface area contributed by atoms with Crippen molar-refractivity contribution in [3.05, 3.63) is 0 Å². The van der Waals surface area contributed by atoms with Crippen LogP contribution in [-0.4, -0.2) is 63.8 Å². The van der Waals surface area contributed by atoms with Crippen LogP contribution in [0.1, 0.15) is 74.7 Å². The van der Waals surface area contributed by atoms with Gasteiger partial charge < -0.3 is 36.1 Å². The maximum absolute atomic E-state index is 11.5. The quantitative estimate of drug-likeness (QED) is 0.400. The van der Waals surface area contributed by atoms with Gasteiger partial charge in [-0.2, -0.15) is 5.26 Å². The Balaban J connectivity index is 0.000000623. The molecule has 2 fully saturated rings. The fraction of sp³-hybridized carbons (Fsp3) is 0.826. The van der Waals surface area contributed by atoms with Gasteiger partial charge in [0.2, 0.25) is 5.91 Å². The summed E-state index contributed by atoms with van der Waals surface area (Å²) in [7, 11) is 0. The highest BCUT2D eigenvalue weighted by molar-refractivity contribution is 5.77. The summed E-state index contributed by atoms with van der Waals surface area (Å²) < 4.78 is 10.1. The van der Waals surface area contributed by atoms with Crippen LogP contribution in [-0.2, 0) is 14.3 Å². The zero-order chi connectivity index (χ0) is 25.6. The normalized spacial score (nSPS) is 28.3. The zero-order valence-electron chi connectivity index (χ0n) is 20.3. The first kappa shape index (κ1) is 31.4. The Hall–Kier alpha value is -2.58. The lowest BCUT2D eigenvalue weighted by molar-refractivity contribution is -0.121. The van der Waals surface area contributed by atoms with Crippen molar-refractivity contribution in [1.82, 2.24) is 10.6 Å². The molecule has 6 N–H and O–H groups in total. The maximum Gasteiger partial charge on any atom is 0.407 e. The van der Waals surface area contributed by atoms with Gasteiger partial charge in [-0.1, -0.05) is 7.43 Å². The van der Waals surface area contributed by atoms with Crippen molar-refractivity contribution < 1.29 is 34.1 Å². The molecule has 6 atom stereocenters. The fourth-order valence-corrected chi connectivity index (χ4v) is 3.60. The molecule has 11 nitrogen and oxygen atoms in total. The predicted octanol–water partition coefficient (Wildman–Crippen LogP) is 1.95. The van der Waals surface area contributed by atoms with Gasteiger partial charge in [0.05, 0.1) is 36.3 Å². The van der Waals surface area contributed by atoms with E-state index in [0.717, 1.165) is 0 Å². The first-order valence-corrected chi connectivity index (χ1v) is 11.0. The van der Waals surface area contributed by atoms with Gasteiger partial charge in [0.25, 0.3) is 0 Å². The monoisotopic (exact) mass is 486 g/mol. The van der Waals surface area contributed by atoms with Crippen molar-refractivity contribution in [1.29, 1.82) is 5.26 Å². The molecule has 2 aliphatic carbocycles. The van der Waals surface area contributed by atoms with Gasteiger partial charge >= 0.3 is 12.2 Å². The van der Waals surface area contributed by atoms with E-state index in [1.807, 2.05) is 0 Å². The summed E-state index contributed by atoms with van der Waals surface area (Å²) in [5.41, 5.74) is 4.02. The van der Waals surface area contributed by atoms with Gasteiger partial charge in [0, 0.05) is 5.92 Å². The Labute approximate surface area is 202 Å². The summed E-state index contributed by atoms with van der Waals surface area (Å²) in [6.45, 7) is 10.6. The maximum atomic E-state index is 11.5. The van der Waals surface area contributed by atoms with E-state index in [0.29, 0.717) is 19.3 Å². The molecule has 0 unspecified atom stereocenters. The van der Waals surface area contributed by atoms with E-state index in [2.05, 4.69) is 16.7 Å². The summed E-state index contributed by atoms with van der Waals surface area (Å²) in [4.78, 5) is 33.9. The van der Waals surface area contributed by atoms with Crippen molar-refractivity contribution in [3.63, 3.8) is 0 Å². The van der Waals surface area contributed by atoms with Gasteiger partial charge in [0.1, 0.15) is 11.2 Å². The third-order valence-corrected chi connectivity index (χ3v) is 5.05. The minimum Gasteiger partial charge on any atom is -0.444 e. The van der Waals surface area contributed by atoms with Crippen molar-refractivity contribution in [2.75, 3.05) is 0 Å². The van der Waals surface area contributed by atoms with E-state index in [4.69, 9.17) is 20.5 Å². The van der Waals surface area contributed by atoms with Crippen LogP contribution >= 0.6 is 0 Å². The highest BCUT2D eigenvalue weighted by Gasteiger charge is 2.37. The molecule has 0 aromatic heterocycles. The Kier molecular flexibility index (Phi) is 11.8. The van der Waals surface area contributed by atoms with E-state index in [1.165, 1.54) is 0 Å². The Morgan fingerprint density at radius 1 is 0.853 bits per heavy atom. The average molecular weight is 487 g/mol. The smallest absolute Gasteiger partial charge is 0.407 e. The van der Waals surface area contributed by atoms with E-state index in [9.17, 15) is 24.6 Å². The number of carbonyl (C=O) groups is 3. The van der Waals surface area contributed by atoms with Crippen molar-refractivity contribution >= 4 is 18.1 Å². The molecule has 3 amide bonds. The number of aliphatic hydroxyl groups excluding tert-OH is 2. The third kappa shape index (κ3) is 11.5. The average Bonchev–Trinajstić information content (AvgIpc) is 3.15. The molecule has 0 aromatic carbocycles. The van der Waals surface area contributed by atoms with E-state index >= 15 is 0 Å². The van der Waals surface area contributed by atoms with E-state index in [1.54, 1.807) is 41.5 Å². The number of hydrogen-bond acceptors (Lipinski definition) is 8. The molecule has 0 saturated heterocycles. The minimum atomic E-state index is -0.750. The topological polar surface area (TPSA) is 184 Å². The first-order valence-electron chi connectivity index (χ1n) is 11.0. The summed E-state index contributed by atoms with van der Waals surface area (Å²) in [6, 6.07) is 1.25. The lowest BCUT2D eigenvalue weighted by Gasteiger charge is -2.22. The fourth-order valence-electron chi connectivity index (χ4n) is 3.60. The van der Waals surface area contributed by atoms with E-state index in [-0.39, 0.29) is 31.7 Å². The van der Waals surface area contributed by atoms with Crippen LogP contribution in [0, 0.1) is 23.2 Å². The number of ether oxygens (including phenoxy) is 2. The predicted molar refractivity (Wildman–Crippen MR) is 125 cm³/mol. The van der Waals surface area contributed by atoms with Crippen LogP contribution in [0.15, 0.2) is 0 Å². The largest absolute Gasteiger partial charge is 0.444 e. The molecule has 2 saturated carbocycles. The summed E-state index contributed by atoms with van der Waals surface area (Å²) in [5.74, 6) is -1.02. The van der Waals surface area contributed by atoms with Gasteiger partial charge in [0.15, 0.2) is 0 Å². The van der Waals surface area contributed by atoms with Crippen LogP contribution < -0.4 is 16.4 Å².